The summed E-state index contributed by atoms with van der Waals surface area (Å²) in [4.78, 5) is 110. The van der Waals surface area contributed by atoms with E-state index in [1.54, 1.807) is 12.1 Å². The van der Waals surface area contributed by atoms with Crippen LogP contribution in [0, 0.1) is 0 Å². The number of hydrogen-bond donors (Lipinski definition) is 9. The fourth-order valence-corrected chi connectivity index (χ4v) is 2.08. The van der Waals surface area contributed by atoms with E-state index < -0.39 is 73.3 Å². The minimum Gasteiger partial charge on any atom is -0.396 e. The Bertz CT molecular complexity index is 1160. The lowest BCUT2D eigenvalue weighted by molar-refractivity contribution is -0.144. The number of benzene rings is 1. The summed E-state index contributed by atoms with van der Waals surface area (Å²) in [6, 6.07) is 5.91. The van der Waals surface area contributed by atoms with E-state index >= 15 is 0 Å². The third-order valence-electron chi connectivity index (χ3n) is 4.47. The van der Waals surface area contributed by atoms with Crippen molar-refractivity contribution in [2.45, 2.75) is 37.3 Å². The molecule has 1 aliphatic rings. The maximum Gasteiger partial charge on any atom is 0.295 e. The van der Waals surface area contributed by atoms with Crippen molar-refractivity contribution in [3.8, 4) is 0 Å². The summed E-state index contributed by atoms with van der Waals surface area (Å²) in [5.74, 6) is -8.31. The average Bonchev–Trinajstić information content (AvgIpc) is 3.29. The van der Waals surface area contributed by atoms with E-state index in [0.717, 1.165) is 12.6 Å². The highest BCUT2D eigenvalue weighted by Crippen LogP contribution is 2.27. The van der Waals surface area contributed by atoms with Crippen molar-refractivity contribution in [1.82, 2.24) is 0 Å². The van der Waals surface area contributed by atoms with Gasteiger partial charge in [-0.1, -0.05) is 24.3 Å². The molecule has 0 aromatic heterocycles. The quantitative estimate of drug-likeness (QED) is 0.0288. The summed E-state index contributed by atoms with van der Waals surface area (Å²) in [7, 11) is 0. The van der Waals surface area contributed by atoms with Crippen LogP contribution in [0.25, 0.3) is 0 Å². The number of aliphatic hydroxyl groups excluding tert-OH is 7. The number of aliphatic hydroxyl groups is 9. The zero-order chi connectivity index (χ0) is 38.3. The Morgan fingerprint density at radius 2 is 1.17 bits per heavy atom. The van der Waals surface area contributed by atoms with Crippen molar-refractivity contribution in [1.29, 1.82) is 0 Å². The Morgan fingerprint density at radius 1 is 0.708 bits per heavy atom. The predicted molar refractivity (Wildman–Crippen MR) is 154 cm³/mol. The van der Waals surface area contributed by atoms with E-state index in [2.05, 4.69) is 0 Å². The molecule has 0 bridgehead atoms. The van der Waals surface area contributed by atoms with E-state index in [1.165, 1.54) is 12.1 Å². The highest BCUT2D eigenvalue weighted by molar-refractivity contribution is 6.41. The van der Waals surface area contributed by atoms with Crippen LogP contribution in [-0.2, 0) is 43.2 Å². The summed E-state index contributed by atoms with van der Waals surface area (Å²) < 4.78 is 0. The Kier molecular flexibility index (Phi) is 32.2. The molecule has 0 aliphatic heterocycles. The van der Waals surface area contributed by atoms with Gasteiger partial charge in [-0.15, -0.1) is 0 Å². The number of hydrogen-bond acceptors (Lipinski definition) is 20. The number of carbonyl (C=O) groups excluding carboxylic acids is 11. The lowest BCUT2D eigenvalue weighted by Crippen LogP contribution is -2.40. The molecule has 2 atom stereocenters. The van der Waals surface area contributed by atoms with Crippen molar-refractivity contribution in [3.05, 3.63) is 35.4 Å². The molecule has 0 spiro atoms. The molecular formula is C28H36O20. The van der Waals surface area contributed by atoms with E-state index in [9.17, 15) is 52.7 Å². The Hall–Kier alpha value is -4.77. The molecule has 1 aromatic carbocycles. The first-order chi connectivity index (χ1) is 22.5. The molecule has 0 amide bonds. The highest BCUT2D eigenvalue weighted by Gasteiger charge is 2.50. The number of Topliss-reactive ketones (excluding diaryl/α,β-unsaturated/α-hetero) is 6. The summed E-state index contributed by atoms with van der Waals surface area (Å²) in [6.45, 7) is -2.77. The van der Waals surface area contributed by atoms with Crippen LogP contribution in [0.1, 0.15) is 40.0 Å². The fourth-order valence-electron chi connectivity index (χ4n) is 2.08. The summed E-state index contributed by atoms with van der Waals surface area (Å²) in [6.07, 6.45) is -0.577. The van der Waals surface area contributed by atoms with Gasteiger partial charge in [-0.05, 0) is 0 Å². The smallest absolute Gasteiger partial charge is 0.295 e. The van der Waals surface area contributed by atoms with E-state index in [1.807, 2.05) is 0 Å². The second-order valence-electron chi connectivity index (χ2n) is 8.11. The maximum absolute atomic E-state index is 11.2. The summed E-state index contributed by atoms with van der Waals surface area (Å²) in [5, 5.41) is 74.3. The molecule has 1 aliphatic carbocycles. The minimum atomic E-state index is -2.86. The van der Waals surface area contributed by atoms with Crippen LogP contribution in [-0.4, -0.2) is 163 Å². The molecular weight excluding hydrogens is 656 g/mol. The second-order valence-corrected chi connectivity index (χ2v) is 8.11. The molecule has 9 N–H and O–H groups in total. The van der Waals surface area contributed by atoms with Crippen LogP contribution in [0.15, 0.2) is 24.3 Å². The number of unbranched alkanes of at least 4 members (excludes halogenated alkanes) is 1. The zero-order valence-electron chi connectivity index (χ0n) is 25.0. The topological polar surface area (TPSA) is 370 Å². The SMILES string of the molecule is O=C(CO)CCO.O=C1c2ccccc2C(=O)C1(O)O.O=CC(=O)CO.O=CC(O)C(=O)C(=O)CO.O=CC(O)CO.O=CCCC=O. The highest BCUT2D eigenvalue weighted by atomic mass is 16.5. The van der Waals surface area contributed by atoms with E-state index in [-0.39, 0.29) is 48.8 Å². The van der Waals surface area contributed by atoms with Gasteiger partial charge >= 0.3 is 0 Å². The fraction of sp³-hybridized carbons (Fsp3) is 0.393. The standard InChI is InChI=1S/C9H6O4.C5H6O5.C4H8O3.C4H6O2.C3H6O3.C3H4O3/c10-7-5-3-1-2-4-6(5)8(11)9(7,12)13;6-1-3(8)5(10)4(9)2-7;5-2-1-4(7)3-6;5-3-1-2-4-6;2*4-1-3(6)2-5/h1-4,12-13H;1,3,7-8H,2H2;5-6H,1-3H2;3-4H,1-2H2;1,3,5-6H,2H2;1,5H,2H2. The van der Waals surface area contributed by atoms with E-state index in [0.29, 0.717) is 12.8 Å². The predicted octanol–water partition coefficient (Wildman–Crippen LogP) is -6.20. The van der Waals surface area contributed by atoms with Gasteiger partial charge in [0.25, 0.3) is 5.79 Å². The first kappa shape index (κ1) is 50.1. The molecule has 20 heteroatoms. The van der Waals surface area contributed by atoms with Crippen molar-refractivity contribution in [3.63, 3.8) is 0 Å². The van der Waals surface area contributed by atoms with Crippen LogP contribution >= 0.6 is 0 Å². The average molecular weight is 693 g/mol. The van der Waals surface area contributed by atoms with Gasteiger partial charge in [-0.2, -0.15) is 0 Å². The van der Waals surface area contributed by atoms with Gasteiger partial charge in [-0.3, -0.25) is 38.4 Å². The largest absolute Gasteiger partial charge is 0.396 e. The van der Waals surface area contributed by atoms with Crippen LogP contribution in [0.4, 0.5) is 0 Å². The first-order valence-corrected chi connectivity index (χ1v) is 12.9. The van der Waals surface area contributed by atoms with Gasteiger partial charge in [0.05, 0.1) is 13.2 Å². The molecule has 48 heavy (non-hydrogen) atoms. The molecule has 1 aromatic rings. The van der Waals surface area contributed by atoms with Crippen LogP contribution in [0.3, 0.4) is 0 Å². The maximum atomic E-state index is 11.2. The monoisotopic (exact) mass is 692 g/mol. The van der Waals surface area contributed by atoms with E-state index in [4.69, 9.17) is 46.0 Å². The summed E-state index contributed by atoms with van der Waals surface area (Å²) >= 11 is 0. The van der Waals surface area contributed by atoms with Gasteiger partial charge in [-0.25, -0.2) is 0 Å². The Morgan fingerprint density at radius 3 is 1.38 bits per heavy atom. The normalized spacial score (nSPS) is 12.5. The molecule has 0 saturated carbocycles. The van der Waals surface area contributed by atoms with Crippen molar-refractivity contribution >= 4 is 66.1 Å². The molecule has 2 rings (SSSR count). The first-order valence-electron chi connectivity index (χ1n) is 12.9. The molecule has 0 fully saturated rings. The molecule has 2 unspecified atom stereocenters. The third-order valence-corrected chi connectivity index (χ3v) is 4.47. The van der Waals surface area contributed by atoms with Gasteiger partial charge in [0.1, 0.15) is 38.5 Å². The van der Waals surface area contributed by atoms with Crippen LogP contribution < -0.4 is 0 Å². The van der Waals surface area contributed by atoms with Crippen LogP contribution in [0.5, 0.6) is 0 Å². The van der Waals surface area contributed by atoms with Gasteiger partial charge in [0.15, 0.2) is 30.7 Å². The molecule has 0 saturated heterocycles. The molecule has 268 valence electrons. The van der Waals surface area contributed by atoms with Gasteiger partial charge < -0.3 is 60.3 Å². The van der Waals surface area contributed by atoms with Crippen molar-refractivity contribution in [2.24, 2.45) is 0 Å². The summed E-state index contributed by atoms with van der Waals surface area (Å²) in [5.41, 5.74) is 0.134. The molecule has 0 heterocycles. The lowest BCUT2D eigenvalue weighted by Gasteiger charge is -2.08. The second kappa shape index (κ2) is 30.9. The van der Waals surface area contributed by atoms with Gasteiger partial charge in [0.2, 0.25) is 28.9 Å². The zero-order valence-corrected chi connectivity index (χ0v) is 25.0. The Labute approximate surface area is 270 Å². The number of carbonyl (C=O) groups is 11. The van der Waals surface area contributed by atoms with Crippen molar-refractivity contribution in [2.75, 3.05) is 33.0 Å². The lowest BCUT2D eigenvalue weighted by atomic mass is 10.1. The number of fused-ring (bicyclic) bond motifs is 1. The van der Waals surface area contributed by atoms with Gasteiger partial charge in [0, 0.05) is 30.4 Å². The number of rotatable bonds is 14. The molecule has 20 nitrogen and oxygen atoms in total. The van der Waals surface area contributed by atoms with Crippen molar-refractivity contribution < 1.29 is 98.7 Å². The molecule has 0 radical (unpaired) electrons. The third kappa shape index (κ3) is 22.7. The minimum absolute atomic E-state index is 0.0660. The Balaban J connectivity index is -0.000000251. The number of aldehydes is 5. The number of ketones is 6. The van der Waals surface area contributed by atoms with Crippen LogP contribution in [0.2, 0.25) is 0 Å².